The van der Waals surface area contributed by atoms with E-state index in [-0.39, 0.29) is 11.6 Å². The number of hydrogen-bond donors (Lipinski definition) is 1. The van der Waals surface area contributed by atoms with Gasteiger partial charge >= 0.3 is 0 Å². The maximum absolute atomic E-state index is 12.9. The number of nitrogen functional groups attached to an aromatic ring is 1. The second-order valence-electron chi connectivity index (χ2n) is 3.51. The van der Waals surface area contributed by atoms with Gasteiger partial charge in [0.05, 0.1) is 5.75 Å². The summed E-state index contributed by atoms with van der Waals surface area (Å²) in [6, 6.07) is 4.17. The molecule has 0 bridgehead atoms. The van der Waals surface area contributed by atoms with Crippen molar-refractivity contribution in [1.82, 2.24) is 0 Å². The van der Waals surface area contributed by atoms with Crippen molar-refractivity contribution in [3.05, 3.63) is 24.0 Å². The highest BCUT2D eigenvalue weighted by Crippen LogP contribution is 2.26. The molecule has 0 aliphatic heterocycles. The van der Waals surface area contributed by atoms with E-state index in [1.54, 1.807) is 0 Å². The average Bonchev–Trinajstić information content (AvgIpc) is 2.16. The van der Waals surface area contributed by atoms with Crippen molar-refractivity contribution in [3.63, 3.8) is 0 Å². The first-order valence-corrected chi connectivity index (χ1v) is 7.78. The van der Waals surface area contributed by atoms with E-state index in [2.05, 4.69) is 0 Å². The highest BCUT2D eigenvalue weighted by atomic mass is 32.2. The van der Waals surface area contributed by atoms with Gasteiger partial charge in [0.1, 0.15) is 15.7 Å². The molecule has 0 saturated carbocycles. The van der Waals surface area contributed by atoms with Gasteiger partial charge < -0.3 is 5.73 Å². The van der Waals surface area contributed by atoms with Crippen molar-refractivity contribution in [2.45, 2.75) is 11.3 Å². The smallest absolute Gasteiger partial charge is 0.147 e. The lowest BCUT2D eigenvalue weighted by molar-refractivity contribution is 0.600. The summed E-state index contributed by atoms with van der Waals surface area (Å²) in [5.41, 5.74) is 6.17. The fourth-order valence-corrected chi connectivity index (χ4v) is 2.93. The molecular weight excluding hydrogens is 249 g/mol. The Morgan fingerprint density at radius 3 is 2.75 bits per heavy atom. The maximum atomic E-state index is 12.9. The molecule has 0 unspecified atom stereocenters. The van der Waals surface area contributed by atoms with E-state index < -0.39 is 9.84 Å². The van der Waals surface area contributed by atoms with E-state index in [9.17, 15) is 12.8 Å². The Hall–Kier alpha value is -0.750. The molecule has 0 spiro atoms. The summed E-state index contributed by atoms with van der Waals surface area (Å²) in [6.45, 7) is 0. The number of benzene rings is 1. The molecule has 1 aromatic carbocycles. The highest BCUT2D eigenvalue weighted by Gasteiger charge is 2.04. The Morgan fingerprint density at radius 1 is 1.44 bits per heavy atom. The summed E-state index contributed by atoms with van der Waals surface area (Å²) < 4.78 is 34.6. The fourth-order valence-electron chi connectivity index (χ4n) is 1.14. The van der Waals surface area contributed by atoms with Crippen LogP contribution in [0.2, 0.25) is 0 Å². The molecule has 3 nitrogen and oxygen atoms in total. The predicted octanol–water partition coefficient (Wildman–Crippen LogP) is 1.93. The van der Waals surface area contributed by atoms with Crippen molar-refractivity contribution >= 4 is 27.3 Å². The summed E-state index contributed by atoms with van der Waals surface area (Å²) in [5.74, 6) is 0.426. The van der Waals surface area contributed by atoms with Gasteiger partial charge in [-0.15, -0.1) is 11.8 Å². The lowest BCUT2D eigenvalue weighted by Gasteiger charge is -2.04. The average molecular weight is 263 g/mol. The third-order valence-electron chi connectivity index (χ3n) is 1.89. The lowest BCUT2D eigenvalue weighted by Crippen LogP contribution is -2.03. The molecule has 90 valence electrons. The van der Waals surface area contributed by atoms with Crippen molar-refractivity contribution in [3.8, 4) is 0 Å². The number of anilines is 1. The highest BCUT2D eigenvalue weighted by molar-refractivity contribution is 7.99. The molecule has 1 aromatic rings. The molecule has 6 heteroatoms. The molecule has 0 aliphatic carbocycles. The van der Waals surface area contributed by atoms with E-state index in [4.69, 9.17) is 5.73 Å². The first kappa shape index (κ1) is 13.3. The second kappa shape index (κ2) is 5.54. The van der Waals surface area contributed by atoms with Gasteiger partial charge in [0.2, 0.25) is 0 Å². The Morgan fingerprint density at radius 2 is 2.12 bits per heavy atom. The number of rotatable bonds is 5. The van der Waals surface area contributed by atoms with Crippen LogP contribution in [0, 0.1) is 5.82 Å². The zero-order valence-electron chi connectivity index (χ0n) is 8.94. The SMILES string of the molecule is CS(=O)(=O)CCCSc1cc(F)ccc1N. The zero-order valence-corrected chi connectivity index (χ0v) is 10.6. The molecule has 0 amide bonds. The first-order chi connectivity index (χ1) is 7.38. The van der Waals surface area contributed by atoms with Crippen molar-refractivity contribution < 1.29 is 12.8 Å². The van der Waals surface area contributed by atoms with Crippen LogP contribution < -0.4 is 5.73 Å². The number of thioether (sulfide) groups is 1. The first-order valence-electron chi connectivity index (χ1n) is 4.74. The number of sulfone groups is 1. The van der Waals surface area contributed by atoms with Gasteiger partial charge in [-0.05, 0) is 30.4 Å². The van der Waals surface area contributed by atoms with Crippen molar-refractivity contribution in [2.75, 3.05) is 23.5 Å². The number of halogens is 1. The van der Waals surface area contributed by atoms with Crippen LogP contribution >= 0.6 is 11.8 Å². The quantitative estimate of drug-likeness (QED) is 0.501. The van der Waals surface area contributed by atoms with Gasteiger partial charge in [-0.3, -0.25) is 0 Å². The van der Waals surface area contributed by atoms with Crippen LogP contribution in [-0.2, 0) is 9.84 Å². The van der Waals surface area contributed by atoms with Crippen LogP contribution in [-0.4, -0.2) is 26.2 Å². The number of hydrogen-bond acceptors (Lipinski definition) is 4. The maximum Gasteiger partial charge on any atom is 0.147 e. The van der Waals surface area contributed by atoms with Crippen LogP contribution in [0.5, 0.6) is 0 Å². The molecule has 0 aromatic heterocycles. The van der Waals surface area contributed by atoms with Gasteiger partial charge in [0, 0.05) is 16.8 Å². The molecule has 0 saturated heterocycles. The van der Waals surface area contributed by atoms with Gasteiger partial charge in [-0.2, -0.15) is 0 Å². The van der Waals surface area contributed by atoms with E-state index >= 15 is 0 Å². The molecule has 2 N–H and O–H groups in total. The predicted molar refractivity (Wildman–Crippen MR) is 65.9 cm³/mol. The van der Waals surface area contributed by atoms with Gasteiger partial charge in [-0.25, -0.2) is 12.8 Å². The van der Waals surface area contributed by atoms with Crippen LogP contribution in [0.15, 0.2) is 23.1 Å². The zero-order chi connectivity index (χ0) is 12.2. The molecular formula is C10H14FNO2S2. The van der Waals surface area contributed by atoms with Crippen LogP contribution in [0.3, 0.4) is 0 Å². The molecule has 0 heterocycles. The molecule has 1 rings (SSSR count). The minimum atomic E-state index is -2.92. The standard InChI is InChI=1S/C10H14FNO2S2/c1-16(13,14)6-2-5-15-10-7-8(11)3-4-9(10)12/h3-4,7H,2,5-6,12H2,1H3. The summed E-state index contributed by atoms with van der Waals surface area (Å²) in [6.07, 6.45) is 1.74. The van der Waals surface area contributed by atoms with Crippen molar-refractivity contribution in [1.29, 1.82) is 0 Å². The van der Waals surface area contributed by atoms with Gasteiger partial charge in [-0.1, -0.05) is 0 Å². The van der Waals surface area contributed by atoms with Crippen LogP contribution in [0.25, 0.3) is 0 Å². The Kier molecular flexibility index (Phi) is 4.61. The van der Waals surface area contributed by atoms with Gasteiger partial charge in [0.15, 0.2) is 0 Å². The molecule has 0 radical (unpaired) electrons. The minimum Gasteiger partial charge on any atom is -0.398 e. The van der Waals surface area contributed by atoms with Crippen molar-refractivity contribution in [2.24, 2.45) is 0 Å². The number of nitrogens with two attached hydrogens (primary N) is 1. The van der Waals surface area contributed by atoms with Gasteiger partial charge in [0.25, 0.3) is 0 Å². The Labute approximate surface area is 99.1 Å². The monoisotopic (exact) mass is 263 g/mol. The van der Waals surface area contributed by atoms with Crippen LogP contribution in [0.4, 0.5) is 10.1 Å². The van der Waals surface area contributed by atoms with E-state index in [1.807, 2.05) is 0 Å². The molecule has 0 aliphatic rings. The third kappa shape index (κ3) is 4.85. The minimum absolute atomic E-state index is 0.148. The molecule has 0 atom stereocenters. The summed E-state index contributed by atoms with van der Waals surface area (Å²) >= 11 is 1.37. The second-order valence-corrected chi connectivity index (χ2v) is 6.91. The fraction of sp³-hybridized carbons (Fsp3) is 0.400. The van der Waals surface area contributed by atoms with E-state index in [1.165, 1.54) is 36.2 Å². The lowest BCUT2D eigenvalue weighted by atomic mass is 10.3. The summed E-state index contributed by atoms with van der Waals surface area (Å²) in [5, 5.41) is 0. The van der Waals surface area contributed by atoms with Crippen LogP contribution in [0.1, 0.15) is 6.42 Å². The largest absolute Gasteiger partial charge is 0.398 e. The molecule has 0 fully saturated rings. The topological polar surface area (TPSA) is 60.2 Å². The third-order valence-corrected chi connectivity index (χ3v) is 4.08. The van der Waals surface area contributed by atoms with E-state index in [0.29, 0.717) is 22.8 Å². The molecule has 16 heavy (non-hydrogen) atoms. The summed E-state index contributed by atoms with van der Waals surface area (Å²) in [7, 11) is -2.92. The Bertz CT molecular complexity index is 460. The summed E-state index contributed by atoms with van der Waals surface area (Å²) in [4.78, 5) is 0.661. The Balaban J connectivity index is 2.46. The normalized spacial score (nSPS) is 11.6. The van der Waals surface area contributed by atoms with E-state index in [0.717, 1.165) is 0 Å².